The Morgan fingerprint density at radius 2 is 1.92 bits per heavy atom. The van der Waals surface area contributed by atoms with E-state index in [2.05, 4.69) is 14.3 Å². The number of imidazole rings is 1. The number of esters is 1. The second-order valence-electron chi connectivity index (χ2n) is 5.50. The number of para-hydroxylation sites is 2. The standard InChI is InChI=1S/C19H15N3O3/c1-24-19(23)17-7-6-14(25-17)12-22-16-5-3-2-4-15(16)21-18(22)13-8-10-20-11-9-13/h2-11H,12H2,1H3. The van der Waals surface area contributed by atoms with Crippen molar-refractivity contribution in [2.24, 2.45) is 0 Å². The highest BCUT2D eigenvalue weighted by Gasteiger charge is 2.16. The van der Waals surface area contributed by atoms with Crippen LogP contribution < -0.4 is 0 Å². The van der Waals surface area contributed by atoms with Gasteiger partial charge in [-0.3, -0.25) is 4.98 Å². The van der Waals surface area contributed by atoms with Crippen molar-refractivity contribution in [3.63, 3.8) is 0 Å². The lowest BCUT2D eigenvalue weighted by molar-refractivity contribution is 0.0563. The van der Waals surface area contributed by atoms with E-state index in [4.69, 9.17) is 9.40 Å². The van der Waals surface area contributed by atoms with E-state index in [1.54, 1.807) is 24.5 Å². The SMILES string of the molecule is COC(=O)c1ccc(Cn2c(-c3ccncc3)nc3ccccc32)o1. The van der Waals surface area contributed by atoms with E-state index in [-0.39, 0.29) is 5.76 Å². The predicted octanol–water partition coefficient (Wildman–Crippen LogP) is 3.53. The van der Waals surface area contributed by atoms with Gasteiger partial charge in [-0.05, 0) is 36.4 Å². The lowest BCUT2D eigenvalue weighted by Crippen LogP contribution is -2.02. The topological polar surface area (TPSA) is 70.2 Å². The molecule has 0 aliphatic heterocycles. The molecule has 1 aromatic carbocycles. The van der Waals surface area contributed by atoms with Crippen LogP contribution in [-0.2, 0) is 11.3 Å². The largest absolute Gasteiger partial charge is 0.463 e. The van der Waals surface area contributed by atoms with E-state index in [0.717, 1.165) is 22.4 Å². The van der Waals surface area contributed by atoms with Crippen LogP contribution in [0.1, 0.15) is 16.3 Å². The van der Waals surface area contributed by atoms with E-state index in [0.29, 0.717) is 12.3 Å². The Bertz CT molecular complexity index is 1030. The van der Waals surface area contributed by atoms with Crippen LogP contribution in [0, 0.1) is 0 Å². The Hall–Kier alpha value is -3.41. The molecular formula is C19H15N3O3. The third-order valence-electron chi connectivity index (χ3n) is 3.96. The molecule has 0 aliphatic carbocycles. The maximum atomic E-state index is 11.6. The highest BCUT2D eigenvalue weighted by atomic mass is 16.5. The summed E-state index contributed by atoms with van der Waals surface area (Å²) >= 11 is 0. The van der Waals surface area contributed by atoms with E-state index in [1.807, 2.05) is 36.4 Å². The second kappa shape index (κ2) is 6.24. The number of nitrogens with zero attached hydrogens (tertiary/aromatic N) is 3. The molecule has 0 aliphatic rings. The number of carbonyl (C=O) groups is 1. The summed E-state index contributed by atoms with van der Waals surface area (Å²) in [7, 11) is 1.33. The van der Waals surface area contributed by atoms with Crippen molar-refractivity contribution < 1.29 is 13.9 Å². The van der Waals surface area contributed by atoms with Gasteiger partial charge in [-0.2, -0.15) is 0 Å². The van der Waals surface area contributed by atoms with Crippen LogP contribution in [0.15, 0.2) is 65.3 Å². The zero-order valence-corrected chi connectivity index (χ0v) is 13.5. The second-order valence-corrected chi connectivity index (χ2v) is 5.50. The quantitative estimate of drug-likeness (QED) is 0.534. The fourth-order valence-electron chi connectivity index (χ4n) is 2.79. The van der Waals surface area contributed by atoms with E-state index in [1.165, 1.54) is 7.11 Å². The average Bonchev–Trinajstić information content (AvgIpc) is 3.27. The highest BCUT2D eigenvalue weighted by molar-refractivity contribution is 5.86. The normalized spacial score (nSPS) is 10.9. The summed E-state index contributed by atoms with van der Waals surface area (Å²) in [6, 6.07) is 15.1. The number of benzene rings is 1. The van der Waals surface area contributed by atoms with Gasteiger partial charge in [-0.1, -0.05) is 12.1 Å². The van der Waals surface area contributed by atoms with Crippen LogP contribution in [0.4, 0.5) is 0 Å². The number of hydrogen-bond acceptors (Lipinski definition) is 5. The van der Waals surface area contributed by atoms with Gasteiger partial charge < -0.3 is 13.7 Å². The highest BCUT2D eigenvalue weighted by Crippen LogP contribution is 2.26. The molecule has 0 bridgehead atoms. The molecule has 25 heavy (non-hydrogen) atoms. The number of hydrogen-bond donors (Lipinski definition) is 0. The molecular weight excluding hydrogens is 318 g/mol. The summed E-state index contributed by atoms with van der Waals surface area (Å²) in [6.07, 6.45) is 3.47. The van der Waals surface area contributed by atoms with Crippen LogP contribution in [0.25, 0.3) is 22.4 Å². The summed E-state index contributed by atoms with van der Waals surface area (Å²) in [5, 5.41) is 0. The maximum absolute atomic E-state index is 11.6. The van der Waals surface area contributed by atoms with Crippen molar-refractivity contribution >= 4 is 17.0 Å². The van der Waals surface area contributed by atoms with Gasteiger partial charge in [0.25, 0.3) is 0 Å². The van der Waals surface area contributed by atoms with Gasteiger partial charge in [0.1, 0.15) is 11.6 Å². The van der Waals surface area contributed by atoms with Crippen molar-refractivity contribution in [3.05, 3.63) is 72.4 Å². The first-order valence-electron chi connectivity index (χ1n) is 7.79. The molecule has 0 amide bonds. The van der Waals surface area contributed by atoms with Crippen molar-refractivity contribution in [3.8, 4) is 11.4 Å². The first-order chi connectivity index (χ1) is 12.3. The minimum atomic E-state index is -0.490. The molecule has 0 saturated carbocycles. The third-order valence-corrected chi connectivity index (χ3v) is 3.96. The molecule has 0 fully saturated rings. The van der Waals surface area contributed by atoms with Gasteiger partial charge in [0.2, 0.25) is 5.76 Å². The molecule has 124 valence electrons. The lowest BCUT2D eigenvalue weighted by atomic mass is 10.2. The number of pyridine rings is 1. The summed E-state index contributed by atoms with van der Waals surface area (Å²) in [6.45, 7) is 0.454. The number of rotatable bonds is 4. The smallest absolute Gasteiger partial charge is 0.373 e. The van der Waals surface area contributed by atoms with Crippen LogP contribution in [-0.4, -0.2) is 27.6 Å². The summed E-state index contributed by atoms with van der Waals surface area (Å²) in [5.74, 6) is 1.17. The molecule has 3 aromatic heterocycles. The van der Waals surface area contributed by atoms with Gasteiger partial charge in [0, 0.05) is 18.0 Å². The Labute approximate surface area is 143 Å². The molecule has 0 saturated heterocycles. The monoisotopic (exact) mass is 333 g/mol. The Morgan fingerprint density at radius 3 is 2.72 bits per heavy atom. The molecule has 6 heteroatoms. The zero-order valence-electron chi connectivity index (χ0n) is 13.5. The molecule has 4 aromatic rings. The number of furan rings is 1. The van der Waals surface area contributed by atoms with Crippen LogP contribution in [0.2, 0.25) is 0 Å². The number of fused-ring (bicyclic) bond motifs is 1. The van der Waals surface area contributed by atoms with Crippen LogP contribution in [0.3, 0.4) is 0 Å². The molecule has 6 nitrogen and oxygen atoms in total. The van der Waals surface area contributed by atoms with Gasteiger partial charge in [-0.15, -0.1) is 0 Å². The number of aromatic nitrogens is 3. The fraction of sp³-hybridized carbons (Fsp3) is 0.105. The Kier molecular flexibility index (Phi) is 3.78. The molecule has 0 spiro atoms. The molecule has 4 rings (SSSR count). The Balaban J connectivity index is 1.80. The Morgan fingerprint density at radius 1 is 1.12 bits per heavy atom. The minimum absolute atomic E-state index is 0.187. The third kappa shape index (κ3) is 2.78. The summed E-state index contributed by atoms with van der Waals surface area (Å²) in [4.78, 5) is 20.4. The first-order valence-corrected chi connectivity index (χ1v) is 7.79. The molecule has 0 N–H and O–H groups in total. The molecule has 0 unspecified atom stereocenters. The molecule has 0 radical (unpaired) electrons. The van der Waals surface area contributed by atoms with Gasteiger partial charge in [0.15, 0.2) is 0 Å². The van der Waals surface area contributed by atoms with Crippen LogP contribution in [0.5, 0.6) is 0 Å². The average molecular weight is 333 g/mol. The molecule has 3 heterocycles. The van der Waals surface area contributed by atoms with E-state index in [9.17, 15) is 4.79 Å². The number of carbonyl (C=O) groups excluding carboxylic acids is 1. The van der Waals surface area contributed by atoms with Crippen molar-refractivity contribution in [1.29, 1.82) is 0 Å². The van der Waals surface area contributed by atoms with Gasteiger partial charge in [-0.25, -0.2) is 9.78 Å². The summed E-state index contributed by atoms with van der Waals surface area (Å²) < 4.78 is 12.4. The first kappa shape index (κ1) is 15.1. The van der Waals surface area contributed by atoms with Crippen LogP contribution >= 0.6 is 0 Å². The minimum Gasteiger partial charge on any atom is -0.463 e. The van der Waals surface area contributed by atoms with E-state index >= 15 is 0 Å². The fourth-order valence-corrected chi connectivity index (χ4v) is 2.79. The zero-order chi connectivity index (χ0) is 17.2. The maximum Gasteiger partial charge on any atom is 0.373 e. The molecule has 0 atom stereocenters. The van der Waals surface area contributed by atoms with Crippen molar-refractivity contribution in [1.82, 2.24) is 14.5 Å². The predicted molar refractivity (Wildman–Crippen MR) is 92.1 cm³/mol. The van der Waals surface area contributed by atoms with Gasteiger partial charge >= 0.3 is 5.97 Å². The summed E-state index contributed by atoms with van der Waals surface area (Å²) in [5.41, 5.74) is 2.85. The lowest BCUT2D eigenvalue weighted by Gasteiger charge is -2.07. The van der Waals surface area contributed by atoms with Crippen molar-refractivity contribution in [2.75, 3.05) is 7.11 Å². The number of ether oxygens (including phenoxy) is 1. The van der Waals surface area contributed by atoms with E-state index < -0.39 is 5.97 Å². The van der Waals surface area contributed by atoms with Crippen molar-refractivity contribution in [2.45, 2.75) is 6.54 Å². The van der Waals surface area contributed by atoms with Gasteiger partial charge in [0.05, 0.1) is 24.7 Å². The number of methoxy groups -OCH3 is 1.